The summed E-state index contributed by atoms with van der Waals surface area (Å²) in [6.45, 7) is 3.81. The van der Waals surface area contributed by atoms with Crippen molar-refractivity contribution >= 4 is 5.97 Å². The summed E-state index contributed by atoms with van der Waals surface area (Å²) in [5, 5.41) is 8.68. The molecule has 0 aliphatic heterocycles. The van der Waals surface area contributed by atoms with Crippen molar-refractivity contribution < 1.29 is 14.3 Å². The van der Waals surface area contributed by atoms with E-state index in [1.165, 1.54) is 0 Å². The lowest BCUT2D eigenvalue weighted by Gasteiger charge is -1.98. The molecule has 0 saturated heterocycles. The maximum Gasteiger partial charge on any atom is 0.312 e. The zero-order valence-corrected chi connectivity index (χ0v) is 9.73. The SMILES string of the molecule is Cc1cccc(-c2oc(CC(=O)O)nc2C)c1. The first kappa shape index (κ1) is 11.4. The van der Waals surface area contributed by atoms with Crippen molar-refractivity contribution in [1.29, 1.82) is 0 Å². The quantitative estimate of drug-likeness (QED) is 0.881. The molecule has 0 spiro atoms. The standard InChI is InChI=1S/C13H13NO3/c1-8-4-3-5-10(6-8)13-9(2)14-11(17-13)7-12(15)16/h3-6H,7H2,1-2H3,(H,15,16). The Kier molecular flexibility index (Phi) is 2.95. The molecule has 2 rings (SSSR count). The van der Waals surface area contributed by atoms with Gasteiger partial charge in [-0.1, -0.05) is 23.8 Å². The van der Waals surface area contributed by atoms with Gasteiger partial charge in [-0.25, -0.2) is 4.98 Å². The van der Waals surface area contributed by atoms with Crippen LogP contribution in [0.1, 0.15) is 17.1 Å². The summed E-state index contributed by atoms with van der Waals surface area (Å²) in [6, 6.07) is 7.83. The lowest BCUT2D eigenvalue weighted by molar-refractivity contribution is -0.136. The highest BCUT2D eigenvalue weighted by Gasteiger charge is 2.13. The molecular weight excluding hydrogens is 218 g/mol. The van der Waals surface area contributed by atoms with E-state index in [2.05, 4.69) is 4.98 Å². The second-order valence-electron chi connectivity index (χ2n) is 3.96. The van der Waals surface area contributed by atoms with Crippen LogP contribution < -0.4 is 0 Å². The number of benzene rings is 1. The Balaban J connectivity index is 2.39. The number of aliphatic carboxylic acids is 1. The van der Waals surface area contributed by atoms with E-state index in [4.69, 9.17) is 9.52 Å². The molecule has 0 aliphatic carbocycles. The fourth-order valence-electron chi connectivity index (χ4n) is 1.71. The van der Waals surface area contributed by atoms with Gasteiger partial charge in [-0.15, -0.1) is 0 Å². The van der Waals surface area contributed by atoms with Gasteiger partial charge < -0.3 is 9.52 Å². The lowest BCUT2D eigenvalue weighted by atomic mass is 10.1. The molecule has 4 nitrogen and oxygen atoms in total. The number of aromatic nitrogens is 1. The second kappa shape index (κ2) is 4.41. The van der Waals surface area contributed by atoms with E-state index in [9.17, 15) is 4.79 Å². The largest absolute Gasteiger partial charge is 0.481 e. The van der Waals surface area contributed by atoms with E-state index < -0.39 is 5.97 Å². The molecule has 0 amide bonds. The fourth-order valence-corrected chi connectivity index (χ4v) is 1.71. The zero-order valence-electron chi connectivity index (χ0n) is 9.73. The molecule has 88 valence electrons. The van der Waals surface area contributed by atoms with E-state index in [1.54, 1.807) is 0 Å². The number of carboxylic acids is 1. The van der Waals surface area contributed by atoms with Crippen molar-refractivity contribution in [3.05, 3.63) is 41.4 Å². The Bertz CT molecular complexity index is 558. The smallest absolute Gasteiger partial charge is 0.312 e. The summed E-state index contributed by atoms with van der Waals surface area (Å²) in [5.74, 6) is -0.0569. The molecule has 2 aromatic rings. The van der Waals surface area contributed by atoms with Gasteiger partial charge in [0, 0.05) is 5.56 Å². The molecule has 4 heteroatoms. The van der Waals surface area contributed by atoms with Crippen molar-refractivity contribution in [2.24, 2.45) is 0 Å². The molecule has 17 heavy (non-hydrogen) atoms. The molecular formula is C13H13NO3. The molecule has 0 bridgehead atoms. The summed E-state index contributed by atoms with van der Waals surface area (Å²) in [6.07, 6.45) is -0.188. The molecule has 0 aliphatic rings. The molecule has 1 heterocycles. The van der Waals surface area contributed by atoms with E-state index in [0.29, 0.717) is 11.5 Å². The Morgan fingerprint density at radius 2 is 2.18 bits per heavy atom. The minimum atomic E-state index is -0.943. The predicted octanol–water partition coefficient (Wildman–Crippen LogP) is 2.59. The number of aryl methyl sites for hydroxylation is 2. The van der Waals surface area contributed by atoms with E-state index in [-0.39, 0.29) is 12.3 Å². The fraction of sp³-hybridized carbons (Fsp3) is 0.231. The van der Waals surface area contributed by atoms with Crippen LogP contribution in [0.5, 0.6) is 0 Å². The maximum atomic E-state index is 10.6. The predicted molar refractivity (Wildman–Crippen MR) is 62.8 cm³/mol. The summed E-state index contributed by atoms with van der Waals surface area (Å²) >= 11 is 0. The molecule has 1 aromatic carbocycles. The van der Waals surface area contributed by atoms with Crippen molar-refractivity contribution in [2.45, 2.75) is 20.3 Å². The lowest BCUT2D eigenvalue weighted by Crippen LogP contribution is -1.99. The first-order chi connectivity index (χ1) is 8.06. The monoisotopic (exact) mass is 231 g/mol. The maximum absolute atomic E-state index is 10.6. The van der Waals surface area contributed by atoms with Crippen molar-refractivity contribution in [3.8, 4) is 11.3 Å². The third-order valence-corrected chi connectivity index (χ3v) is 2.42. The van der Waals surface area contributed by atoms with E-state index in [0.717, 1.165) is 11.1 Å². The van der Waals surface area contributed by atoms with Crippen molar-refractivity contribution in [3.63, 3.8) is 0 Å². The van der Waals surface area contributed by atoms with Crippen LogP contribution in [0.25, 0.3) is 11.3 Å². The molecule has 0 saturated carbocycles. The minimum Gasteiger partial charge on any atom is -0.481 e. The van der Waals surface area contributed by atoms with E-state index in [1.807, 2.05) is 38.1 Å². The van der Waals surface area contributed by atoms with Crippen LogP contribution in [0.15, 0.2) is 28.7 Å². The van der Waals surface area contributed by atoms with Gasteiger partial charge in [-0.3, -0.25) is 4.79 Å². The number of nitrogens with zero attached hydrogens (tertiary/aromatic N) is 1. The van der Waals surface area contributed by atoms with E-state index >= 15 is 0 Å². The molecule has 1 aromatic heterocycles. The second-order valence-corrected chi connectivity index (χ2v) is 3.96. The number of hydrogen-bond acceptors (Lipinski definition) is 3. The van der Waals surface area contributed by atoms with Crippen LogP contribution in [-0.4, -0.2) is 16.1 Å². The number of oxazole rings is 1. The van der Waals surface area contributed by atoms with Crippen molar-refractivity contribution in [2.75, 3.05) is 0 Å². The van der Waals surface area contributed by atoms with Crippen LogP contribution in [0.3, 0.4) is 0 Å². The highest BCUT2D eigenvalue weighted by atomic mass is 16.4. The third-order valence-electron chi connectivity index (χ3n) is 2.42. The first-order valence-electron chi connectivity index (χ1n) is 5.31. The van der Waals surface area contributed by atoms with Gasteiger partial charge in [0.15, 0.2) is 5.76 Å². The van der Waals surface area contributed by atoms with Crippen LogP contribution in [0.2, 0.25) is 0 Å². The van der Waals surface area contributed by atoms with Crippen LogP contribution in [0, 0.1) is 13.8 Å². The number of carbonyl (C=O) groups is 1. The van der Waals surface area contributed by atoms with Gasteiger partial charge >= 0.3 is 5.97 Å². The summed E-state index contributed by atoms with van der Waals surface area (Å²) in [7, 11) is 0. The van der Waals surface area contributed by atoms with Crippen LogP contribution >= 0.6 is 0 Å². The molecule has 0 radical (unpaired) electrons. The number of carboxylic acid groups (broad SMARTS) is 1. The van der Waals surface area contributed by atoms with Crippen LogP contribution in [-0.2, 0) is 11.2 Å². The average Bonchev–Trinajstić information content (AvgIpc) is 2.58. The Morgan fingerprint density at radius 3 is 2.82 bits per heavy atom. The topological polar surface area (TPSA) is 63.3 Å². The molecule has 0 fully saturated rings. The van der Waals surface area contributed by atoms with Gasteiger partial charge in [-0.05, 0) is 19.9 Å². The Morgan fingerprint density at radius 1 is 1.41 bits per heavy atom. The summed E-state index contributed by atoms with van der Waals surface area (Å²) < 4.78 is 5.47. The van der Waals surface area contributed by atoms with Gasteiger partial charge in [-0.2, -0.15) is 0 Å². The summed E-state index contributed by atoms with van der Waals surface area (Å²) in [5.41, 5.74) is 2.76. The molecule has 0 atom stereocenters. The highest BCUT2D eigenvalue weighted by molar-refractivity contribution is 5.69. The first-order valence-corrected chi connectivity index (χ1v) is 5.31. The molecule has 0 unspecified atom stereocenters. The van der Waals surface area contributed by atoms with Gasteiger partial charge in [0.05, 0.1) is 5.69 Å². The zero-order chi connectivity index (χ0) is 12.4. The number of rotatable bonds is 3. The van der Waals surface area contributed by atoms with Gasteiger partial charge in [0.1, 0.15) is 6.42 Å². The van der Waals surface area contributed by atoms with Crippen molar-refractivity contribution in [1.82, 2.24) is 4.98 Å². The number of hydrogen-bond donors (Lipinski definition) is 1. The third kappa shape index (κ3) is 2.53. The Hall–Kier alpha value is -2.10. The van der Waals surface area contributed by atoms with Gasteiger partial charge in [0.2, 0.25) is 5.89 Å². The summed E-state index contributed by atoms with van der Waals surface area (Å²) in [4.78, 5) is 14.7. The highest BCUT2D eigenvalue weighted by Crippen LogP contribution is 2.25. The normalized spacial score (nSPS) is 10.5. The minimum absolute atomic E-state index is 0.188. The van der Waals surface area contributed by atoms with Crippen LogP contribution in [0.4, 0.5) is 0 Å². The average molecular weight is 231 g/mol. The molecule has 1 N–H and O–H groups in total. The van der Waals surface area contributed by atoms with Gasteiger partial charge in [0.25, 0.3) is 0 Å². The Labute approximate surface area is 98.9 Å².